The Morgan fingerprint density at radius 2 is 2.27 bits per heavy atom. The van der Waals surface area contributed by atoms with E-state index in [0.717, 1.165) is 0 Å². The Morgan fingerprint density at radius 3 is 2.80 bits per heavy atom. The molecule has 0 saturated carbocycles. The van der Waals surface area contributed by atoms with Crippen molar-refractivity contribution >= 4 is 21.6 Å². The molecule has 4 heteroatoms. The topological polar surface area (TPSA) is 21.3 Å². The first-order valence-electron chi connectivity index (χ1n) is 4.20. The van der Waals surface area contributed by atoms with Crippen molar-refractivity contribution < 1.29 is 9.13 Å². The Labute approximate surface area is 96.6 Å². The molecule has 1 aromatic rings. The van der Waals surface area contributed by atoms with Crippen LogP contribution in [0.5, 0.6) is 5.75 Å². The molecule has 0 aliphatic rings. The summed E-state index contributed by atoms with van der Waals surface area (Å²) in [7, 11) is 1.52. The van der Waals surface area contributed by atoms with Gasteiger partial charge in [0.25, 0.3) is 0 Å². The van der Waals surface area contributed by atoms with E-state index in [4.69, 9.17) is 4.74 Å². The van der Waals surface area contributed by atoms with E-state index in [-0.39, 0.29) is 5.82 Å². The van der Waals surface area contributed by atoms with Crippen LogP contribution in [0.1, 0.15) is 0 Å². The lowest BCUT2D eigenvalue weighted by Gasteiger charge is -2.11. The normalized spacial score (nSPS) is 9.53. The zero-order chi connectivity index (χ0) is 11.4. The van der Waals surface area contributed by atoms with Crippen molar-refractivity contribution in [3.8, 4) is 5.75 Å². The summed E-state index contributed by atoms with van der Waals surface area (Å²) < 4.78 is 18.7. The van der Waals surface area contributed by atoms with E-state index in [1.54, 1.807) is 12.1 Å². The standard InChI is InChI=1S/C11H11BrFNO/c1-4-7(2)14-10-6-9(13)8(12)5-11(10)15-3/h4-6,14H,1-2H2,3H3. The highest BCUT2D eigenvalue weighted by Gasteiger charge is 2.08. The lowest BCUT2D eigenvalue weighted by molar-refractivity contribution is 0.415. The third-order valence-corrected chi connectivity index (χ3v) is 2.39. The van der Waals surface area contributed by atoms with Gasteiger partial charge in [-0.2, -0.15) is 0 Å². The van der Waals surface area contributed by atoms with Gasteiger partial charge in [-0.25, -0.2) is 4.39 Å². The Balaban J connectivity index is 3.10. The molecule has 0 spiro atoms. The molecule has 1 aromatic carbocycles. The molecule has 0 bridgehead atoms. The van der Waals surface area contributed by atoms with Crippen LogP contribution in [0.3, 0.4) is 0 Å². The van der Waals surface area contributed by atoms with Crippen LogP contribution in [0.15, 0.2) is 41.5 Å². The average molecular weight is 272 g/mol. The largest absolute Gasteiger partial charge is 0.495 e. The molecule has 2 nitrogen and oxygen atoms in total. The van der Waals surface area contributed by atoms with Gasteiger partial charge in [0.1, 0.15) is 11.6 Å². The van der Waals surface area contributed by atoms with Crippen LogP contribution >= 0.6 is 15.9 Å². The van der Waals surface area contributed by atoms with Crippen LogP contribution in [0.25, 0.3) is 0 Å². The van der Waals surface area contributed by atoms with Gasteiger partial charge in [-0.3, -0.25) is 0 Å². The quantitative estimate of drug-likeness (QED) is 0.843. The highest BCUT2D eigenvalue weighted by molar-refractivity contribution is 9.10. The Hall–Kier alpha value is -1.29. The van der Waals surface area contributed by atoms with Crippen LogP contribution < -0.4 is 10.1 Å². The summed E-state index contributed by atoms with van der Waals surface area (Å²) >= 11 is 3.08. The number of rotatable bonds is 4. The second-order valence-corrected chi connectivity index (χ2v) is 3.68. The molecular formula is C11H11BrFNO. The van der Waals surface area contributed by atoms with Gasteiger partial charge in [-0.1, -0.05) is 13.2 Å². The second-order valence-electron chi connectivity index (χ2n) is 2.82. The number of hydrogen-bond acceptors (Lipinski definition) is 2. The monoisotopic (exact) mass is 271 g/mol. The number of ether oxygens (including phenoxy) is 1. The summed E-state index contributed by atoms with van der Waals surface area (Å²) in [4.78, 5) is 0. The fourth-order valence-corrected chi connectivity index (χ4v) is 1.34. The molecule has 0 fully saturated rings. The molecule has 0 aliphatic carbocycles. The lowest BCUT2D eigenvalue weighted by atomic mass is 10.2. The van der Waals surface area contributed by atoms with Gasteiger partial charge in [-0.05, 0) is 28.1 Å². The number of nitrogens with one attached hydrogen (secondary N) is 1. The van der Waals surface area contributed by atoms with Crippen molar-refractivity contribution in [2.24, 2.45) is 0 Å². The third kappa shape index (κ3) is 2.83. The molecule has 1 rings (SSSR count). The zero-order valence-corrected chi connectivity index (χ0v) is 9.90. The zero-order valence-electron chi connectivity index (χ0n) is 8.31. The van der Waals surface area contributed by atoms with Crippen LogP contribution in [0.4, 0.5) is 10.1 Å². The second kappa shape index (κ2) is 4.98. The summed E-state index contributed by atoms with van der Waals surface area (Å²) in [6, 6.07) is 2.88. The fourth-order valence-electron chi connectivity index (χ4n) is 1.02. The summed E-state index contributed by atoms with van der Waals surface area (Å²) in [6.07, 6.45) is 1.54. The van der Waals surface area contributed by atoms with Crippen LogP contribution in [-0.4, -0.2) is 7.11 Å². The van der Waals surface area contributed by atoms with E-state index in [1.807, 2.05) is 0 Å². The first-order valence-corrected chi connectivity index (χ1v) is 4.99. The van der Waals surface area contributed by atoms with Crippen molar-refractivity contribution in [3.05, 3.63) is 47.4 Å². The fraction of sp³-hybridized carbons (Fsp3) is 0.0909. The summed E-state index contributed by atoms with van der Waals surface area (Å²) in [5.41, 5.74) is 1.10. The van der Waals surface area contributed by atoms with E-state index in [9.17, 15) is 4.39 Å². The molecule has 15 heavy (non-hydrogen) atoms. The van der Waals surface area contributed by atoms with Gasteiger partial charge in [0, 0.05) is 11.8 Å². The highest BCUT2D eigenvalue weighted by Crippen LogP contribution is 2.31. The van der Waals surface area contributed by atoms with E-state index in [0.29, 0.717) is 21.6 Å². The van der Waals surface area contributed by atoms with Gasteiger partial charge in [0.05, 0.1) is 17.3 Å². The molecule has 0 aliphatic heterocycles. The van der Waals surface area contributed by atoms with E-state index < -0.39 is 0 Å². The Bertz CT molecular complexity index is 404. The first-order chi connectivity index (χ1) is 7.08. The number of hydrogen-bond donors (Lipinski definition) is 1. The SMILES string of the molecule is C=CC(=C)Nc1cc(F)c(Br)cc1OC. The Kier molecular flexibility index (Phi) is 3.91. The maximum Gasteiger partial charge on any atom is 0.143 e. The number of methoxy groups -OCH3 is 1. The number of halogens is 2. The van der Waals surface area contributed by atoms with Gasteiger partial charge in [0.2, 0.25) is 0 Å². The summed E-state index contributed by atoms with van der Waals surface area (Å²) in [5, 5.41) is 2.88. The minimum atomic E-state index is -0.366. The molecule has 0 heterocycles. The van der Waals surface area contributed by atoms with Gasteiger partial charge in [0.15, 0.2) is 0 Å². The van der Waals surface area contributed by atoms with Crippen LogP contribution in [0, 0.1) is 5.82 Å². The number of benzene rings is 1. The predicted octanol–water partition coefficient (Wildman–Crippen LogP) is 3.71. The van der Waals surface area contributed by atoms with Crippen molar-refractivity contribution in [3.63, 3.8) is 0 Å². The van der Waals surface area contributed by atoms with Gasteiger partial charge in [-0.15, -0.1) is 0 Å². The van der Waals surface area contributed by atoms with Crippen molar-refractivity contribution in [2.75, 3.05) is 12.4 Å². The molecule has 0 saturated heterocycles. The molecule has 80 valence electrons. The maximum atomic E-state index is 13.3. The maximum absolute atomic E-state index is 13.3. The van der Waals surface area contributed by atoms with Crippen LogP contribution in [0.2, 0.25) is 0 Å². The highest BCUT2D eigenvalue weighted by atomic mass is 79.9. The molecule has 1 N–H and O–H groups in total. The van der Waals surface area contributed by atoms with Crippen molar-refractivity contribution in [2.45, 2.75) is 0 Å². The average Bonchev–Trinajstić information content (AvgIpc) is 2.22. The smallest absolute Gasteiger partial charge is 0.143 e. The Morgan fingerprint density at radius 1 is 1.60 bits per heavy atom. The number of anilines is 1. The van der Waals surface area contributed by atoms with Crippen molar-refractivity contribution in [1.29, 1.82) is 0 Å². The van der Waals surface area contributed by atoms with E-state index in [2.05, 4.69) is 34.4 Å². The van der Waals surface area contributed by atoms with E-state index in [1.165, 1.54) is 13.2 Å². The lowest BCUT2D eigenvalue weighted by Crippen LogP contribution is -1.99. The minimum absolute atomic E-state index is 0.356. The summed E-state index contributed by atoms with van der Waals surface area (Å²) in [5.74, 6) is 0.168. The van der Waals surface area contributed by atoms with Crippen LogP contribution in [-0.2, 0) is 0 Å². The van der Waals surface area contributed by atoms with Gasteiger partial charge >= 0.3 is 0 Å². The predicted molar refractivity (Wildman–Crippen MR) is 63.6 cm³/mol. The third-order valence-electron chi connectivity index (χ3n) is 1.78. The minimum Gasteiger partial charge on any atom is -0.495 e. The molecule has 0 atom stereocenters. The molecule has 0 aromatic heterocycles. The van der Waals surface area contributed by atoms with E-state index >= 15 is 0 Å². The first kappa shape index (κ1) is 11.8. The van der Waals surface area contributed by atoms with Gasteiger partial charge < -0.3 is 10.1 Å². The van der Waals surface area contributed by atoms with Crippen molar-refractivity contribution in [1.82, 2.24) is 0 Å². The molecule has 0 radical (unpaired) electrons. The molecule has 0 unspecified atom stereocenters. The summed E-state index contributed by atoms with van der Waals surface area (Å²) in [6.45, 7) is 7.22. The number of allylic oxidation sites excluding steroid dienone is 1. The molecular weight excluding hydrogens is 261 g/mol. The molecule has 0 amide bonds.